The van der Waals surface area contributed by atoms with Crippen LogP contribution in [0.3, 0.4) is 0 Å². The van der Waals surface area contributed by atoms with Crippen LogP contribution >= 0.6 is 0 Å². The average molecular weight is 266 g/mol. The zero-order chi connectivity index (χ0) is 13.8. The van der Waals surface area contributed by atoms with E-state index in [1.807, 2.05) is 0 Å². The molecule has 0 unspecified atom stereocenters. The van der Waals surface area contributed by atoms with Crippen LogP contribution in [0.1, 0.15) is 10.4 Å². The van der Waals surface area contributed by atoms with Gasteiger partial charge in [-0.2, -0.15) is 4.98 Å². The lowest BCUT2D eigenvalue weighted by atomic mass is 10.2. The first-order valence-electron chi connectivity index (χ1n) is 5.25. The Morgan fingerprint density at radius 3 is 2.79 bits per heavy atom. The van der Waals surface area contributed by atoms with Crippen molar-refractivity contribution >= 4 is 11.9 Å². The molecule has 2 rings (SSSR count). The fraction of sp³-hybridized carbons (Fsp3) is 0.182. The summed E-state index contributed by atoms with van der Waals surface area (Å²) in [5, 5.41) is 8.60. The molecule has 0 aliphatic rings. The summed E-state index contributed by atoms with van der Waals surface area (Å²) < 4.78 is 22.8. The van der Waals surface area contributed by atoms with Crippen molar-refractivity contribution in [3.05, 3.63) is 29.6 Å². The van der Waals surface area contributed by atoms with E-state index in [4.69, 9.17) is 9.47 Å². The third kappa shape index (κ3) is 2.79. The van der Waals surface area contributed by atoms with Crippen LogP contribution in [0.25, 0.3) is 0 Å². The van der Waals surface area contributed by atoms with Gasteiger partial charge in [0.25, 0.3) is 5.91 Å². The molecular weight excluding hydrogens is 255 g/mol. The maximum absolute atomic E-state index is 13.2. The summed E-state index contributed by atoms with van der Waals surface area (Å²) in [6.45, 7) is 0. The Balaban J connectivity index is 2.15. The summed E-state index contributed by atoms with van der Waals surface area (Å²) in [6.07, 6.45) is 0. The Kier molecular flexibility index (Phi) is 3.60. The molecule has 0 radical (unpaired) electrons. The van der Waals surface area contributed by atoms with Crippen LogP contribution in [-0.2, 0) is 0 Å². The second kappa shape index (κ2) is 5.34. The first kappa shape index (κ1) is 12.8. The number of nitrogens with one attached hydrogen (secondary N) is 2. The van der Waals surface area contributed by atoms with Crippen LogP contribution in [-0.4, -0.2) is 35.3 Å². The fourth-order valence-electron chi connectivity index (χ4n) is 1.37. The molecule has 0 saturated heterocycles. The molecule has 1 aromatic heterocycles. The molecule has 7 nitrogen and oxygen atoms in total. The molecule has 2 aromatic rings. The van der Waals surface area contributed by atoms with E-state index in [0.29, 0.717) is 0 Å². The third-order valence-electron chi connectivity index (χ3n) is 2.29. The van der Waals surface area contributed by atoms with Crippen LogP contribution < -0.4 is 14.8 Å². The molecule has 0 spiro atoms. The smallest absolute Gasteiger partial charge is 0.336 e. The largest absolute Gasteiger partial charge is 0.494 e. The number of H-pyrrole nitrogens is 1. The fourth-order valence-corrected chi connectivity index (χ4v) is 1.37. The van der Waals surface area contributed by atoms with Gasteiger partial charge >= 0.3 is 6.01 Å². The van der Waals surface area contributed by atoms with Crippen molar-refractivity contribution in [2.45, 2.75) is 0 Å². The van der Waals surface area contributed by atoms with Crippen molar-refractivity contribution in [3.63, 3.8) is 0 Å². The van der Waals surface area contributed by atoms with E-state index in [9.17, 15) is 9.18 Å². The van der Waals surface area contributed by atoms with Crippen molar-refractivity contribution in [3.8, 4) is 11.8 Å². The van der Waals surface area contributed by atoms with Gasteiger partial charge in [-0.1, -0.05) is 0 Å². The number of halogens is 1. The summed E-state index contributed by atoms with van der Waals surface area (Å²) in [6, 6.07) is 3.88. The van der Waals surface area contributed by atoms with Gasteiger partial charge in [0, 0.05) is 5.56 Å². The highest BCUT2D eigenvalue weighted by atomic mass is 19.1. The highest BCUT2D eigenvalue weighted by Gasteiger charge is 2.12. The molecule has 8 heteroatoms. The molecule has 0 fully saturated rings. The number of ether oxygens (including phenoxy) is 2. The van der Waals surface area contributed by atoms with Gasteiger partial charge in [0.1, 0.15) is 0 Å². The SMILES string of the molecule is COc1n[nH]c(NC(=O)c2ccc(F)c(OC)c2)n1. The normalized spacial score (nSPS) is 10.1. The molecule has 2 N–H and O–H groups in total. The lowest BCUT2D eigenvalue weighted by Crippen LogP contribution is -2.13. The lowest BCUT2D eigenvalue weighted by Gasteiger charge is -2.05. The number of aromatic nitrogens is 3. The number of methoxy groups -OCH3 is 2. The highest BCUT2D eigenvalue weighted by Crippen LogP contribution is 2.18. The maximum Gasteiger partial charge on any atom is 0.336 e. The van der Waals surface area contributed by atoms with Gasteiger partial charge in [-0.25, -0.2) is 9.49 Å². The van der Waals surface area contributed by atoms with Crippen LogP contribution in [0, 0.1) is 5.82 Å². The Morgan fingerprint density at radius 2 is 2.16 bits per heavy atom. The standard InChI is InChI=1S/C11H11FN4O3/c1-18-8-5-6(3-4-7(8)12)9(17)13-10-14-11(19-2)16-15-10/h3-5H,1-2H3,(H2,13,14,15,16,17). The second-order valence-electron chi connectivity index (χ2n) is 3.47. The average Bonchev–Trinajstić information content (AvgIpc) is 2.86. The topological polar surface area (TPSA) is 89.1 Å². The predicted molar refractivity (Wildman–Crippen MR) is 63.8 cm³/mol. The van der Waals surface area contributed by atoms with E-state index < -0.39 is 11.7 Å². The zero-order valence-corrected chi connectivity index (χ0v) is 10.2. The Bertz CT molecular complexity index is 599. The first-order valence-corrected chi connectivity index (χ1v) is 5.25. The van der Waals surface area contributed by atoms with Gasteiger partial charge in [-0.3, -0.25) is 10.1 Å². The van der Waals surface area contributed by atoms with E-state index in [1.165, 1.54) is 26.4 Å². The molecule has 0 saturated carbocycles. The summed E-state index contributed by atoms with van der Waals surface area (Å²) >= 11 is 0. The Morgan fingerprint density at radius 1 is 1.37 bits per heavy atom. The van der Waals surface area contributed by atoms with E-state index in [2.05, 4.69) is 20.5 Å². The number of carbonyl (C=O) groups is 1. The van der Waals surface area contributed by atoms with Crippen molar-refractivity contribution < 1.29 is 18.7 Å². The van der Waals surface area contributed by atoms with Gasteiger partial charge in [-0.05, 0) is 18.2 Å². The number of benzene rings is 1. The summed E-state index contributed by atoms with van der Waals surface area (Å²) in [7, 11) is 2.72. The van der Waals surface area contributed by atoms with Crippen molar-refractivity contribution in [2.24, 2.45) is 0 Å². The lowest BCUT2D eigenvalue weighted by molar-refractivity contribution is 0.102. The third-order valence-corrected chi connectivity index (χ3v) is 2.29. The van der Waals surface area contributed by atoms with Gasteiger partial charge in [0.15, 0.2) is 11.6 Å². The number of anilines is 1. The molecule has 0 bridgehead atoms. The first-order chi connectivity index (χ1) is 9.13. The maximum atomic E-state index is 13.2. The van der Waals surface area contributed by atoms with Crippen LogP contribution in [0.2, 0.25) is 0 Å². The highest BCUT2D eigenvalue weighted by molar-refractivity contribution is 6.03. The van der Waals surface area contributed by atoms with Crippen LogP contribution in [0.5, 0.6) is 11.8 Å². The minimum atomic E-state index is -0.541. The number of hydrogen-bond acceptors (Lipinski definition) is 5. The molecule has 19 heavy (non-hydrogen) atoms. The van der Waals surface area contributed by atoms with Crippen LogP contribution in [0.15, 0.2) is 18.2 Å². The molecule has 1 heterocycles. The monoisotopic (exact) mass is 266 g/mol. The van der Waals surface area contributed by atoms with Crippen molar-refractivity contribution in [1.82, 2.24) is 15.2 Å². The van der Waals surface area contributed by atoms with E-state index in [-0.39, 0.29) is 23.3 Å². The summed E-state index contributed by atoms with van der Waals surface area (Å²) in [5.41, 5.74) is 0.230. The molecule has 1 aromatic carbocycles. The second-order valence-corrected chi connectivity index (χ2v) is 3.47. The van der Waals surface area contributed by atoms with Gasteiger partial charge in [0.05, 0.1) is 14.2 Å². The number of hydrogen-bond donors (Lipinski definition) is 2. The van der Waals surface area contributed by atoms with Crippen molar-refractivity contribution in [1.29, 1.82) is 0 Å². The number of amides is 1. The molecule has 1 amide bonds. The molecule has 0 aliphatic heterocycles. The van der Waals surface area contributed by atoms with Gasteiger partial charge in [0.2, 0.25) is 5.95 Å². The number of nitrogens with zero attached hydrogens (tertiary/aromatic N) is 2. The number of rotatable bonds is 4. The summed E-state index contributed by atoms with van der Waals surface area (Å²) in [4.78, 5) is 15.7. The zero-order valence-electron chi connectivity index (χ0n) is 10.2. The Hall–Kier alpha value is -2.64. The van der Waals surface area contributed by atoms with Crippen molar-refractivity contribution in [2.75, 3.05) is 19.5 Å². The summed E-state index contributed by atoms with van der Waals surface area (Å²) in [5.74, 6) is -0.898. The molecule has 0 aliphatic carbocycles. The van der Waals surface area contributed by atoms with E-state index in [1.54, 1.807) is 0 Å². The predicted octanol–water partition coefficient (Wildman–Crippen LogP) is 1.21. The number of aromatic amines is 1. The van der Waals surface area contributed by atoms with E-state index >= 15 is 0 Å². The molecule has 0 atom stereocenters. The van der Waals surface area contributed by atoms with Crippen LogP contribution in [0.4, 0.5) is 10.3 Å². The van der Waals surface area contributed by atoms with E-state index in [0.717, 1.165) is 6.07 Å². The number of carbonyl (C=O) groups excluding carboxylic acids is 1. The van der Waals surface area contributed by atoms with Gasteiger partial charge in [-0.15, -0.1) is 5.10 Å². The quantitative estimate of drug-likeness (QED) is 0.868. The Labute approximate surface area is 107 Å². The molecular formula is C11H11FN4O3. The molecule has 100 valence electrons. The minimum absolute atomic E-state index is 0.0113. The minimum Gasteiger partial charge on any atom is -0.494 e. The van der Waals surface area contributed by atoms with Gasteiger partial charge < -0.3 is 9.47 Å².